The lowest BCUT2D eigenvalue weighted by Crippen LogP contribution is -2.24. The Labute approximate surface area is 118 Å². The molecule has 0 atom stereocenters. The standard InChI is InChI=1S/C13H14F4N2O2/c14-11-3-1-8(5-10(11)13(15,16)17)7-19-12(21)4-2-9(20)6-18/h1,3,5H,2,4,6-7,18H2,(H,19,21). The number of nitrogens with one attached hydrogen (secondary N) is 1. The quantitative estimate of drug-likeness (QED) is 0.787. The molecule has 3 N–H and O–H groups in total. The second-order valence-electron chi connectivity index (χ2n) is 4.33. The van der Waals surface area contributed by atoms with Gasteiger partial charge in [-0.25, -0.2) is 4.39 Å². The van der Waals surface area contributed by atoms with E-state index in [-0.39, 0.29) is 37.3 Å². The van der Waals surface area contributed by atoms with Crippen molar-refractivity contribution in [2.45, 2.75) is 25.6 Å². The Morgan fingerprint density at radius 3 is 2.43 bits per heavy atom. The Kier molecular flexibility index (Phi) is 5.83. The molecule has 0 aliphatic rings. The summed E-state index contributed by atoms with van der Waals surface area (Å²) in [5.41, 5.74) is 3.80. The maximum Gasteiger partial charge on any atom is 0.419 e. The highest BCUT2D eigenvalue weighted by atomic mass is 19.4. The summed E-state index contributed by atoms with van der Waals surface area (Å²) in [7, 11) is 0. The van der Waals surface area contributed by atoms with E-state index in [2.05, 4.69) is 5.32 Å². The number of nitrogens with two attached hydrogens (primary N) is 1. The molecule has 8 heteroatoms. The highest BCUT2D eigenvalue weighted by molar-refractivity contribution is 5.85. The fourth-order valence-electron chi connectivity index (χ4n) is 1.54. The van der Waals surface area contributed by atoms with Gasteiger partial charge in [-0.1, -0.05) is 6.07 Å². The van der Waals surface area contributed by atoms with E-state index in [0.717, 1.165) is 6.07 Å². The number of ketones is 1. The lowest BCUT2D eigenvalue weighted by atomic mass is 10.1. The molecular weight excluding hydrogens is 292 g/mol. The van der Waals surface area contributed by atoms with Crippen molar-refractivity contribution in [1.82, 2.24) is 5.32 Å². The lowest BCUT2D eigenvalue weighted by molar-refractivity contribution is -0.140. The van der Waals surface area contributed by atoms with Crippen molar-refractivity contribution in [3.05, 3.63) is 35.1 Å². The summed E-state index contributed by atoms with van der Waals surface area (Å²) in [6.45, 7) is -0.348. The van der Waals surface area contributed by atoms with Gasteiger partial charge in [0.1, 0.15) is 11.6 Å². The van der Waals surface area contributed by atoms with Crippen LogP contribution in [0.1, 0.15) is 24.0 Å². The van der Waals surface area contributed by atoms with Crippen molar-refractivity contribution in [2.24, 2.45) is 5.73 Å². The topological polar surface area (TPSA) is 72.2 Å². The second-order valence-corrected chi connectivity index (χ2v) is 4.33. The van der Waals surface area contributed by atoms with Crippen molar-refractivity contribution in [2.75, 3.05) is 6.54 Å². The van der Waals surface area contributed by atoms with E-state index < -0.39 is 23.5 Å². The van der Waals surface area contributed by atoms with Gasteiger partial charge in [0, 0.05) is 19.4 Å². The highest BCUT2D eigenvalue weighted by Gasteiger charge is 2.34. The molecule has 4 nitrogen and oxygen atoms in total. The third kappa shape index (κ3) is 5.50. The summed E-state index contributed by atoms with van der Waals surface area (Å²) in [4.78, 5) is 22.3. The molecule has 0 spiro atoms. The van der Waals surface area contributed by atoms with E-state index in [4.69, 9.17) is 5.73 Å². The summed E-state index contributed by atoms with van der Waals surface area (Å²) >= 11 is 0. The van der Waals surface area contributed by atoms with Crippen LogP contribution in [0.3, 0.4) is 0 Å². The molecule has 0 heterocycles. The zero-order chi connectivity index (χ0) is 16.0. The smallest absolute Gasteiger partial charge is 0.352 e. The maximum absolute atomic E-state index is 13.1. The Bertz CT molecular complexity index is 529. The van der Waals surface area contributed by atoms with E-state index in [0.29, 0.717) is 12.1 Å². The molecule has 0 fully saturated rings. The number of carbonyl (C=O) groups is 2. The molecule has 1 rings (SSSR count). The van der Waals surface area contributed by atoms with Crippen molar-refractivity contribution >= 4 is 11.7 Å². The number of hydrogen-bond acceptors (Lipinski definition) is 3. The first-order valence-electron chi connectivity index (χ1n) is 6.08. The Hall–Kier alpha value is -1.96. The normalized spacial score (nSPS) is 11.3. The second kappa shape index (κ2) is 7.16. The summed E-state index contributed by atoms with van der Waals surface area (Å²) in [6.07, 6.45) is -4.92. The van der Waals surface area contributed by atoms with E-state index in [1.54, 1.807) is 0 Å². The molecule has 0 bridgehead atoms. The summed E-state index contributed by atoms with van der Waals surface area (Å²) < 4.78 is 50.6. The first kappa shape index (κ1) is 17.1. The maximum atomic E-state index is 13.1. The van der Waals surface area contributed by atoms with Gasteiger partial charge in [-0.3, -0.25) is 9.59 Å². The molecule has 1 aromatic carbocycles. The minimum absolute atomic E-state index is 0.0282. The number of hydrogen-bond donors (Lipinski definition) is 2. The van der Waals surface area contributed by atoms with Crippen LogP contribution in [0.4, 0.5) is 17.6 Å². The number of rotatable bonds is 6. The molecule has 1 aromatic rings. The SMILES string of the molecule is NCC(=O)CCC(=O)NCc1ccc(F)c(C(F)(F)F)c1. The van der Waals surface area contributed by atoms with Crippen molar-refractivity contribution in [3.63, 3.8) is 0 Å². The van der Waals surface area contributed by atoms with Crippen LogP contribution in [0.2, 0.25) is 0 Å². The van der Waals surface area contributed by atoms with Crippen molar-refractivity contribution in [3.8, 4) is 0 Å². The fraction of sp³-hybridized carbons (Fsp3) is 0.385. The van der Waals surface area contributed by atoms with Gasteiger partial charge in [0.25, 0.3) is 0 Å². The molecule has 0 aromatic heterocycles. The number of carbonyl (C=O) groups excluding carboxylic acids is 2. The van der Waals surface area contributed by atoms with Crippen LogP contribution in [-0.2, 0) is 22.3 Å². The van der Waals surface area contributed by atoms with Crippen molar-refractivity contribution < 1.29 is 27.2 Å². The summed E-state index contributed by atoms with van der Waals surface area (Å²) in [5.74, 6) is -2.15. The molecule has 21 heavy (non-hydrogen) atoms. The van der Waals surface area contributed by atoms with Gasteiger partial charge in [-0.05, 0) is 17.7 Å². The molecule has 0 aliphatic heterocycles. The largest absolute Gasteiger partial charge is 0.419 e. The zero-order valence-corrected chi connectivity index (χ0v) is 11.0. The molecular formula is C13H14F4N2O2. The highest BCUT2D eigenvalue weighted by Crippen LogP contribution is 2.31. The monoisotopic (exact) mass is 306 g/mol. The molecule has 0 unspecified atom stereocenters. The fourth-order valence-corrected chi connectivity index (χ4v) is 1.54. The van der Waals surface area contributed by atoms with Gasteiger partial charge < -0.3 is 11.1 Å². The van der Waals surface area contributed by atoms with Gasteiger partial charge in [-0.2, -0.15) is 13.2 Å². The minimum atomic E-state index is -4.79. The van der Waals surface area contributed by atoms with E-state index in [9.17, 15) is 27.2 Å². The molecule has 0 aliphatic carbocycles. The van der Waals surface area contributed by atoms with Gasteiger partial charge in [-0.15, -0.1) is 0 Å². The number of alkyl halides is 3. The van der Waals surface area contributed by atoms with Gasteiger partial charge in [0.15, 0.2) is 0 Å². The van der Waals surface area contributed by atoms with Gasteiger partial charge in [0.2, 0.25) is 5.91 Å². The third-order valence-corrected chi connectivity index (χ3v) is 2.68. The predicted octanol–water partition coefficient (Wildman–Crippen LogP) is 1.77. The average molecular weight is 306 g/mol. The van der Waals surface area contributed by atoms with E-state index in [1.165, 1.54) is 0 Å². The van der Waals surface area contributed by atoms with Crippen LogP contribution in [0.5, 0.6) is 0 Å². The first-order valence-corrected chi connectivity index (χ1v) is 6.08. The van der Waals surface area contributed by atoms with E-state index >= 15 is 0 Å². The van der Waals surface area contributed by atoms with Crippen LogP contribution in [0, 0.1) is 5.82 Å². The molecule has 0 radical (unpaired) electrons. The van der Waals surface area contributed by atoms with Gasteiger partial charge >= 0.3 is 6.18 Å². The van der Waals surface area contributed by atoms with Crippen LogP contribution in [0.15, 0.2) is 18.2 Å². The van der Waals surface area contributed by atoms with Gasteiger partial charge in [0.05, 0.1) is 12.1 Å². The van der Waals surface area contributed by atoms with Crippen molar-refractivity contribution in [1.29, 1.82) is 0 Å². The third-order valence-electron chi connectivity index (χ3n) is 2.68. The van der Waals surface area contributed by atoms with E-state index in [1.807, 2.05) is 0 Å². The molecule has 0 saturated carbocycles. The Balaban J connectivity index is 2.60. The average Bonchev–Trinajstić information content (AvgIpc) is 2.42. The molecule has 1 amide bonds. The summed E-state index contributed by atoms with van der Waals surface area (Å²) in [6, 6.07) is 2.48. The van der Waals surface area contributed by atoms with Crippen LogP contribution >= 0.6 is 0 Å². The summed E-state index contributed by atoms with van der Waals surface area (Å²) in [5, 5.41) is 2.35. The van der Waals surface area contributed by atoms with Crippen LogP contribution < -0.4 is 11.1 Å². The molecule has 0 saturated heterocycles. The number of halogens is 4. The van der Waals surface area contributed by atoms with Crippen LogP contribution in [0.25, 0.3) is 0 Å². The predicted molar refractivity (Wildman–Crippen MR) is 66.5 cm³/mol. The lowest BCUT2D eigenvalue weighted by Gasteiger charge is -2.10. The zero-order valence-electron chi connectivity index (χ0n) is 11.0. The Morgan fingerprint density at radius 2 is 1.86 bits per heavy atom. The Morgan fingerprint density at radius 1 is 1.19 bits per heavy atom. The van der Waals surface area contributed by atoms with Crippen LogP contribution in [-0.4, -0.2) is 18.2 Å². The number of benzene rings is 1. The minimum Gasteiger partial charge on any atom is -0.352 e. The first-order chi connectivity index (χ1) is 9.74. The molecule has 116 valence electrons. The number of amides is 1. The number of Topliss-reactive ketones (excluding diaryl/α,β-unsaturated/α-hetero) is 1.